The lowest BCUT2D eigenvalue weighted by atomic mass is 9.93. The number of Topliss-reactive ketones (excluding diaryl/α,β-unsaturated/α-hetero) is 1. The summed E-state index contributed by atoms with van der Waals surface area (Å²) in [6.07, 6.45) is 2.83. The first-order chi connectivity index (χ1) is 6.72. The molecule has 1 aliphatic rings. The molecule has 1 heterocycles. The quantitative estimate of drug-likeness (QED) is 0.717. The highest BCUT2D eigenvalue weighted by Crippen LogP contribution is 2.20. The highest BCUT2D eigenvalue weighted by atomic mass is 16.1. The number of carbonyl (C=O) groups excluding carboxylic acids is 1. The molecule has 0 bridgehead atoms. The molecule has 1 aliphatic carbocycles. The van der Waals surface area contributed by atoms with Crippen LogP contribution in [-0.2, 0) is 12.8 Å². The molecule has 0 aromatic carbocycles. The Balaban J connectivity index is 2.67. The van der Waals surface area contributed by atoms with E-state index in [1.165, 1.54) is 0 Å². The van der Waals surface area contributed by atoms with Gasteiger partial charge in [0.15, 0.2) is 5.78 Å². The van der Waals surface area contributed by atoms with E-state index in [0.717, 1.165) is 18.5 Å². The number of H-pyrrole nitrogens is 1. The molecule has 0 spiro atoms. The molecule has 0 unspecified atom stereocenters. The average molecular weight is 192 g/mol. The van der Waals surface area contributed by atoms with E-state index in [2.05, 4.69) is 9.97 Å². The fourth-order valence-electron chi connectivity index (χ4n) is 1.90. The summed E-state index contributed by atoms with van der Waals surface area (Å²) in [6, 6.07) is 0. The number of rotatable bonds is 1. The Morgan fingerprint density at radius 2 is 2.14 bits per heavy atom. The number of aromatic nitrogens is 2. The molecule has 1 aromatic heterocycles. The van der Waals surface area contributed by atoms with Crippen LogP contribution in [0.3, 0.4) is 0 Å². The van der Waals surface area contributed by atoms with Crippen molar-refractivity contribution in [1.29, 1.82) is 0 Å². The Labute approximate surface area is 81.4 Å². The molecule has 0 fully saturated rings. The van der Waals surface area contributed by atoms with E-state index in [-0.39, 0.29) is 11.5 Å². The summed E-state index contributed by atoms with van der Waals surface area (Å²) in [5.74, 6) is 0.117. The number of carbonyl (C=O) groups is 1. The van der Waals surface area contributed by atoms with Crippen LogP contribution in [0.5, 0.6) is 0 Å². The fourth-order valence-corrected chi connectivity index (χ4v) is 1.90. The molecule has 0 amide bonds. The third kappa shape index (κ3) is 1.36. The van der Waals surface area contributed by atoms with Crippen molar-refractivity contribution in [2.45, 2.75) is 32.6 Å². The first-order valence-corrected chi connectivity index (χ1v) is 4.87. The first-order valence-electron chi connectivity index (χ1n) is 4.87. The summed E-state index contributed by atoms with van der Waals surface area (Å²) in [5.41, 5.74) is 1.75. The van der Waals surface area contributed by atoms with Crippen molar-refractivity contribution in [2.75, 3.05) is 0 Å². The zero-order chi connectivity index (χ0) is 10.1. The molecule has 0 atom stereocenters. The number of nitrogens with zero attached hydrogens (tertiary/aromatic N) is 1. The molecule has 0 saturated carbocycles. The van der Waals surface area contributed by atoms with E-state index in [1.54, 1.807) is 0 Å². The predicted octanol–water partition coefficient (Wildman–Crippen LogP) is 0.851. The zero-order valence-corrected chi connectivity index (χ0v) is 8.09. The van der Waals surface area contributed by atoms with E-state index in [1.807, 2.05) is 6.92 Å². The maximum absolute atomic E-state index is 11.6. The van der Waals surface area contributed by atoms with Crippen molar-refractivity contribution in [3.63, 3.8) is 0 Å². The number of nitrogens with one attached hydrogen (secondary N) is 1. The molecule has 4 heteroatoms. The average Bonchev–Trinajstić information content (AvgIpc) is 2.16. The van der Waals surface area contributed by atoms with E-state index < -0.39 is 0 Å². The summed E-state index contributed by atoms with van der Waals surface area (Å²) in [5, 5.41) is 0. The van der Waals surface area contributed by atoms with Gasteiger partial charge in [-0.1, -0.05) is 6.92 Å². The van der Waals surface area contributed by atoms with Crippen molar-refractivity contribution >= 4 is 5.78 Å². The maximum atomic E-state index is 11.6. The maximum Gasteiger partial charge on any atom is 0.345 e. The second-order valence-electron chi connectivity index (χ2n) is 3.47. The van der Waals surface area contributed by atoms with Crippen molar-refractivity contribution in [3.8, 4) is 0 Å². The Hall–Kier alpha value is -1.45. The Kier molecular flexibility index (Phi) is 2.19. The van der Waals surface area contributed by atoms with Gasteiger partial charge < -0.3 is 4.98 Å². The second-order valence-corrected chi connectivity index (χ2v) is 3.47. The monoisotopic (exact) mass is 192 g/mol. The normalized spacial score (nSPS) is 15.4. The van der Waals surface area contributed by atoms with Gasteiger partial charge in [0.25, 0.3) is 0 Å². The van der Waals surface area contributed by atoms with Gasteiger partial charge in [-0.3, -0.25) is 4.79 Å². The van der Waals surface area contributed by atoms with Gasteiger partial charge in [-0.15, -0.1) is 0 Å². The zero-order valence-electron chi connectivity index (χ0n) is 8.09. The summed E-state index contributed by atoms with van der Waals surface area (Å²) in [4.78, 5) is 29.2. The molecular formula is C10H12N2O2. The molecule has 0 saturated heterocycles. The highest BCUT2D eigenvalue weighted by molar-refractivity contribution is 5.98. The third-order valence-corrected chi connectivity index (χ3v) is 2.53. The van der Waals surface area contributed by atoms with Crippen molar-refractivity contribution in [3.05, 3.63) is 27.4 Å². The van der Waals surface area contributed by atoms with E-state index in [9.17, 15) is 9.59 Å². The van der Waals surface area contributed by atoms with Crippen LogP contribution in [0.4, 0.5) is 0 Å². The summed E-state index contributed by atoms with van der Waals surface area (Å²) in [7, 11) is 0. The van der Waals surface area contributed by atoms with Crippen LogP contribution < -0.4 is 5.69 Å². The fraction of sp³-hybridized carbons (Fsp3) is 0.500. The van der Waals surface area contributed by atoms with Crippen molar-refractivity contribution < 1.29 is 4.79 Å². The van der Waals surface area contributed by atoms with Crippen LogP contribution in [-0.4, -0.2) is 15.8 Å². The standard InChI is InChI=1S/C10H12N2O2/c1-2-6-9-7(12-10(14)11-6)4-3-5-8(9)13/h2-5H2,1H3,(H,11,12,14). The molecular weight excluding hydrogens is 180 g/mol. The minimum Gasteiger partial charge on any atom is -0.309 e. The number of ketones is 1. The topological polar surface area (TPSA) is 62.8 Å². The molecule has 14 heavy (non-hydrogen) atoms. The van der Waals surface area contributed by atoms with Gasteiger partial charge in [0.05, 0.1) is 11.3 Å². The number of fused-ring (bicyclic) bond motifs is 1. The molecule has 4 nitrogen and oxygen atoms in total. The van der Waals surface area contributed by atoms with Gasteiger partial charge in [-0.2, -0.15) is 4.98 Å². The lowest BCUT2D eigenvalue weighted by Gasteiger charge is -2.15. The Morgan fingerprint density at radius 3 is 2.86 bits per heavy atom. The Morgan fingerprint density at radius 1 is 1.36 bits per heavy atom. The Bertz CT molecular complexity index is 414. The minimum atomic E-state index is -0.338. The third-order valence-electron chi connectivity index (χ3n) is 2.53. The van der Waals surface area contributed by atoms with Crippen molar-refractivity contribution in [1.82, 2.24) is 9.97 Å². The molecule has 0 aliphatic heterocycles. The number of hydrogen-bond acceptors (Lipinski definition) is 3. The van der Waals surface area contributed by atoms with Crippen molar-refractivity contribution in [2.24, 2.45) is 0 Å². The largest absolute Gasteiger partial charge is 0.345 e. The summed E-state index contributed by atoms with van der Waals surface area (Å²) < 4.78 is 0. The van der Waals surface area contributed by atoms with Crippen LogP contribution in [0.25, 0.3) is 0 Å². The summed E-state index contributed by atoms with van der Waals surface area (Å²) in [6.45, 7) is 1.91. The van der Waals surface area contributed by atoms with Gasteiger partial charge in [0.2, 0.25) is 0 Å². The number of aromatic amines is 1. The molecule has 1 aromatic rings. The first kappa shape index (κ1) is 9.12. The van der Waals surface area contributed by atoms with Gasteiger partial charge in [-0.25, -0.2) is 4.79 Å². The molecule has 0 radical (unpaired) electrons. The second kappa shape index (κ2) is 3.36. The molecule has 1 N–H and O–H groups in total. The lowest BCUT2D eigenvalue weighted by Crippen LogP contribution is -2.24. The van der Waals surface area contributed by atoms with Crippen LogP contribution in [0.15, 0.2) is 4.79 Å². The van der Waals surface area contributed by atoms with Crippen LogP contribution >= 0.6 is 0 Å². The minimum absolute atomic E-state index is 0.117. The number of hydrogen-bond donors (Lipinski definition) is 1. The van der Waals surface area contributed by atoms with E-state index in [0.29, 0.717) is 24.1 Å². The van der Waals surface area contributed by atoms with Crippen LogP contribution in [0, 0.1) is 0 Å². The molecule has 2 rings (SSSR count). The molecule has 74 valence electrons. The van der Waals surface area contributed by atoms with Gasteiger partial charge in [0.1, 0.15) is 0 Å². The number of aryl methyl sites for hydroxylation is 2. The smallest absolute Gasteiger partial charge is 0.309 e. The summed E-state index contributed by atoms with van der Waals surface area (Å²) >= 11 is 0. The van der Waals surface area contributed by atoms with Gasteiger partial charge in [-0.05, 0) is 19.3 Å². The van der Waals surface area contributed by atoms with Gasteiger partial charge in [0, 0.05) is 12.1 Å². The van der Waals surface area contributed by atoms with Crippen LogP contribution in [0.1, 0.15) is 41.5 Å². The highest BCUT2D eigenvalue weighted by Gasteiger charge is 2.21. The van der Waals surface area contributed by atoms with E-state index in [4.69, 9.17) is 0 Å². The van der Waals surface area contributed by atoms with Gasteiger partial charge >= 0.3 is 5.69 Å². The van der Waals surface area contributed by atoms with E-state index >= 15 is 0 Å². The lowest BCUT2D eigenvalue weighted by molar-refractivity contribution is 0.0970. The van der Waals surface area contributed by atoms with Crippen LogP contribution in [0.2, 0.25) is 0 Å². The predicted molar refractivity (Wildman–Crippen MR) is 51.5 cm³/mol. The SMILES string of the molecule is CCc1nc(=O)[nH]c2c1C(=O)CCC2.